The zero-order valence-electron chi connectivity index (χ0n) is 21.7. The maximum absolute atomic E-state index is 4.62. The summed E-state index contributed by atoms with van der Waals surface area (Å²) in [5.74, 6) is 2.03. The monoisotopic (exact) mass is 546 g/mol. The van der Waals surface area contributed by atoms with Crippen molar-refractivity contribution in [3.8, 4) is 0 Å². The summed E-state index contributed by atoms with van der Waals surface area (Å²) >= 11 is 3.31. The number of benzene rings is 1. The first-order valence-corrected chi connectivity index (χ1v) is 15.5. The van der Waals surface area contributed by atoms with Gasteiger partial charge in [0.05, 0.1) is 0 Å². The first-order valence-electron chi connectivity index (χ1n) is 13.9. The second-order valence-electron chi connectivity index (χ2n) is 10.7. The second kappa shape index (κ2) is 11.0. The maximum atomic E-state index is 4.62. The minimum absolute atomic E-state index is 0.602. The maximum Gasteiger partial charge on any atom is 0.151 e. The van der Waals surface area contributed by atoms with Crippen LogP contribution in [-0.2, 0) is 0 Å². The van der Waals surface area contributed by atoms with Crippen molar-refractivity contribution in [1.29, 1.82) is 0 Å². The van der Waals surface area contributed by atoms with Gasteiger partial charge in [-0.25, -0.2) is 0 Å². The van der Waals surface area contributed by atoms with Crippen LogP contribution in [0.25, 0.3) is 0 Å². The number of aromatic nitrogens is 4. The summed E-state index contributed by atoms with van der Waals surface area (Å²) in [5.41, 5.74) is 0. The molecule has 0 unspecified atom stereocenters. The van der Waals surface area contributed by atoms with Gasteiger partial charge in [0, 0.05) is 74.2 Å². The van der Waals surface area contributed by atoms with Crippen molar-refractivity contribution in [3.05, 3.63) is 48.5 Å². The quantitative estimate of drug-likeness (QED) is 0.451. The van der Waals surface area contributed by atoms with Crippen LogP contribution in [0.5, 0.6) is 0 Å². The summed E-state index contributed by atoms with van der Waals surface area (Å²) in [7, 11) is 0. The molecule has 0 atom stereocenters. The Morgan fingerprint density at radius 2 is 1.00 bits per heavy atom. The minimum atomic E-state index is 0.602. The first-order chi connectivity index (χ1) is 18.8. The van der Waals surface area contributed by atoms with E-state index in [0.717, 1.165) is 57.7 Å². The smallest absolute Gasteiger partial charge is 0.151 e. The predicted octanol–water partition coefficient (Wildman–Crippen LogP) is 4.14. The molecule has 8 heterocycles. The number of hydrogen-bond donors (Lipinski definition) is 0. The number of anilines is 2. The van der Waals surface area contributed by atoms with Gasteiger partial charge in [-0.2, -0.15) is 0 Å². The summed E-state index contributed by atoms with van der Waals surface area (Å²) in [5, 5.41) is 20.2. The molecule has 9 rings (SSSR count). The number of rotatable bonds is 6. The van der Waals surface area contributed by atoms with Crippen LogP contribution >= 0.6 is 23.5 Å². The molecular formula is C28H34N8S2. The highest BCUT2D eigenvalue weighted by Crippen LogP contribution is 2.34. The van der Waals surface area contributed by atoms with Gasteiger partial charge < -0.3 is 19.6 Å². The van der Waals surface area contributed by atoms with Gasteiger partial charge in [-0.1, -0.05) is 29.6 Å². The van der Waals surface area contributed by atoms with E-state index in [1.165, 1.54) is 51.9 Å². The van der Waals surface area contributed by atoms with E-state index in [9.17, 15) is 0 Å². The summed E-state index contributed by atoms with van der Waals surface area (Å²) in [4.78, 5) is 12.4. The molecule has 0 aliphatic carbocycles. The third-order valence-electron chi connectivity index (χ3n) is 8.40. The summed E-state index contributed by atoms with van der Waals surface area (Å²) in [6.45, 7) is 9.20. The molecule has 6 aliphatic heterocycles. The molecule has 3 aromatic rings. The highest BCUT2D eigenvalue weighted by Gasteiger charge is 2.31. The van der Waals surface area contributed by atoms with E-state index in [4.69, 9.17) is 0 Å². The van der Waals surface area contributed by atoms with Crippen LogP contribution in [0.3, 0.4) is 0 Å². The van der Waals surface area contributed by atoms with Crippen molar-refractivity contribution in [1.82, 2.24) is 30.2 Å². The van der Waals surface area contributed by atoms with E-state index in [1.54, 1.807) is 23.5 Å². The minimum Gasteiger partial charge on any atom is -0.351 e. The Hall–Kier alpha value is -2.40. The first kappa shape index (κ1) is 24.6. The van der Waals surface area contributed by atoms with E-state index >= 15 is 0 Å². The molecule has 0 N–H and O–H groups in total. The molecule has 10 heteroatoms. The van der Waals surface area contributed by atoms with Crippen LogP contribution in [0.15, 0.2) is 68.4 Å². The SMILES string of the molecule is c1cc(Sc2ccc(N3CCN4CCC3CC4)nn2)cc(Sc2ccc(N3CCN4CCC3CC4)nn2)c1. The van der Waals surface area contributed by atoms with Crippen LogP contribution in [0.1, 0.15) is 25.7 Å². The Morgan fingerprint density at radius 1 is 0.526 bits per heavy atom. The fraction of sp³-hybridized carbons (Fsp3) is 0.500. The Balaban J connectivity index is 0.990. The summed E-state index contributed by atoms with van der Waals surface area (Å²) in [6.07, 6.45) is 4.92. The number of hydrogen-bond acceptors (Lipinski definition) is 10. The largest absolute Gasteiger partial charge is 0.351 e. The van der Waals surface area contributed by atoms with Gasteiger partial charge in [0.2, 0.25) is 0 Å². The fourth-order valence-electron chi connectivity index (χ4n) is 6.26. The van der Waals surface area contributed by atoms with Gasteiger partial charge >= 0.3 is 0 Å². The molecule has 38 heavy (non-hydrogen) atoms. The molecule has 6 fully saturated rings. The van der Waals surface area contributed by atoms with Crippen LogP contribution in [-0.4, -0.2) is 94.6 Å². The fourth-order valence-corrected chi connectivity index (χ4v) is 7.92. The zero-order chi connectivity index (χ0) is 25.3. The molecule has 0 spiro atoms. The molecular weight excluding hydrogens is 512 g/mol. The highest BCUT2D eigenvalue weighted by molar-refractivity contribution is 8.00. The molecule has 6 saturated heterocycles. The van der Waals surface area contributed by atoms with Crippen molar-refractivity contribution < 1.29 is 0 Å². The third kappa shape index (κ3) is 5.36. The van der Waals surface area contributed by atoms with Crippen molar-refractivity contribution in [2.75, 3.05) is 62.2 Å². The highest BCUT2D eigenvalue weighted by atomic mass is 32.2. The lowest BCUT2D eigenvalue weighted by Crippen LogP contribution is -2.38. The standard InChI is InChI=1S/C28H34N8S2/c1-2-23(37-27-6-4-25(29-31-27)35-18-16-33-12-8-21(35)9-13-33)20-24(3-1)38-28-7-5-26(30-32-28)36-19-17-34-14-10-22(36)11-15-34/h1-7,20-22H,8-19H2. The van der Waals surface area contributed by atoms with Gasteiger partial charge in [0.15, 0.2) is 11.6 Å². The van der Waals surface area contributed by atoms with Crippen molar-refractivity contribution in [2.45, 2.75) is 57.6 Å². The lowest BCUT2D eigenvalue weighted by molar-refractivity contribution is 0.250. The van der Waals surface area contributed by atoms with Gasteiger partial charge in [-0.15, -0.1) is 20.4 Å². The summed E-state index contributed by atoms with van der Waals surface area (Å²) in [6, 6.07) is 18.3. The number of nitrogens with zero attached hydrogens (tertiary/aromatic N) is 8. The molecule has 1 aromatic carbocycles. The van der Waals surface area contributed by atoms with Crippen LogP contribution in [0.2, 0.25) is 0 Å². The lowest BCUT2D eigenvalue weighted by Gasteiger charge is -2.31. The van der Waals surface area contributed by atoms with E-state index in [1.807, 2.05) is 0 Å². The molecule has 8 nitrogen and oxygen atoms in total. The van der Waals surface area contributed by atoms with Gasteiger partial charge in [0.1, 0.15) is 10.1 Å². The van der Waals surface area contributed by atoms with Crippen LogP contribution < -0.4 is 9.80 Å². The van der Waals surface area contributed by atoms with Crippen molar-refractivity contribution in [3.63, 3.8) is 0 Å². The molecule has 0 radical (unpaired) electrons. The molecule has 198 valence electrons. The number of piperidine rings is 2. The lowest BCUT2D eigenvalue weighted by atomic mass is 10.1. The average molecular weight is 547 g/mol. The third-order valence-corrected chi connectivity index (χ3v) is 10.2. The Bertz CT molecular complexity index is 1130. The topological polar surface area (TPSA) is 64.5 Å². The Morgan fingerprint density at radius 3 is 1.42 bits per heavy atom. The summed E-state index contributed by atoms with van der Waals surface area (Å²) < 4.78 is 0. The molecule has 0 saturated carbocycles. The van der Waals surface area contributed by atoms with Gasteiger partial charge in [-0.3, -0.25) is 0 Å². The normalized spacial score (nSPS) is 26.8. The van der Waals surface area contributed by atoms with E-state index < -0.39 is 0 Å². The van der Waals surface area contributed by atoms with E-state index in [0.29, 0.717) is 12.1 Å². The van der Waals surface area contributed by atoms with Gasteiger partial charge in [0.25, 0.3) is 0 Å². The molecule has 0 amide bonds. The van der Waals surface area contributed by atoms with Gasteiger partial charge in [-0.05, 0) is 68.1 Å². The second-order valence-corrected chi connectivity index (χ2v) is 12.9. The van der Waals surface area contributed by atoms with Crippen LogP contribution in [0.4, 0.5) is 11.6 Å². The van der Waals surface area contributed by atoms with Crippen molar-refractivity contribution >= 4 is 35.2 Å². The zero-order valence-corrected chi connectivity index (χ0v) is 23.3. The Labute approximate surface area is 233 Å². The predicted molar refractivity (Wildman–Crippen MR) is 152 cm³/mol. The van der Waals surface area contributed by atoms with Crippen LogP contribution in [0, 0.1) is 0 Å². The average Bonchev–Trinajstić information content (AvgIpc) is 3.47. The molecule has 2 aromatic heterocycles. The van der Waals surface area contributed by atoms with E-state index in [-0.39, 0.29) is 0 Å². The molecule has 6 aliphatic rings. The Kier molecular flexibility index (Phi) is 7.13. The van der Waals surface area contributed by atoms with Crippen molar-refractivity contribution in [2.24, 2.45) is 0 Å². The number of fused-ring (bicyclic) bond motifs is 8. The molecule has 4 bridgehead atoms. The van der Waals surface area contributed by atoms with E-state index in [2.05, 4.69) is 88.5 Å².